The van der Waals surface area contributed by atoms with Crippen molar-refractivity contribution in [2.45, 2.75) is 26.7 Å². The molecule has 0 aliphatic heterocycles. The van der Waals surface area contributed by atoms with Crippen molar-refractivity contribution in [3.05, 3.63) is 90.1 Å². The van der Waals surface area contributed by atoms with Gasteiger partial charge in [0.25, 0.3) is 0 Å². The van der Waals surface area contributed by atoms with Crippen molar-refractivity contribution in [3.8, 4) is 11.3 Å². The number of fused-ring (bicyclic) bond motifs is 1. The molecule has 0 spiro atoms. The monoisotopic (exact) mass is 577 g/mol. The van der Waals surface area contributed by atoms with Gasteiger partial charge >= 0.3 is 5.97 Å². The number of nitrogens with zero attached hydrogens (tertiary/aromatic N) is 3. The van der Waals surface area contributed by atoms with Crippen LogP contribution < -0.4 is 0 Å². The number of carboxylic acid groups (broad SMARTS) is 1. The number of aryl methyl sites for hydroxylation is 1. The number of hydrogen-bond acceptors (Lipinski definition) is 4. The van der Waals surface area contributed by atoms with E-state index < -0.39 is 5.97 Å². The maximum atomic E-state index is 10.1. The standard InChI is InChI=1S/C18H17N2.C6H5NO2.Ir/c1-12(2)17-11-19-18(13(3)20-17)16-10-6-8-14-7-4-5-9-15(14)16;8-6(9)5-3-1-2-4-7-5;/h4-9,11-12H,1-3H3;1-4H,(H,8,9);/q-1;;. The van der Waals surface area contributed by atoms with E-state index in [1.807, 2.05) is 31.3 Å². The van der Waals surface area contributed by atoms with Crippen LogP contribution in [-0.2, 0) is 20.1 Å². The number of pyridine rings is 1. The van der Waals surface area contributed by atoms with Crippen molar-refractivity contribution in [3.63, 3.8) is 0 Å². The van der Waals surface area contributed by atoms with Gasteiger partial charge in [-0.3, -0.25) is 4.98 Å². The van der Waals surface area contributed by atoms with Crippen LogP contribution >= 0.6 is 0 Å². The largest absolute Gasteiger partial charge is 0.477 e. The summed E-state index contributed by atoms with van der Waals surface area (Å²) >= 11 is 0. The smallest absolute Gasteiger partial charge is 0.354 e. The Morgan fingerprint density at radius 1 is 1.03 bits per heavy atom. The van der Waals surface area contributed by atoms with Gasteiger partial charge in [-0.1, -0.05) is 49.6 Å². The summed E-state index contributed by atoms with van der Waals surface area (Å²) in [4.78, 5) is 23.0. The number of benzene rings is 2. The molecule has 1 radical (unpaired) electrons. The third-order valence-electron chi connectivity index (χ3n) is 4.40. The van der Waals surface area contributed by atoms with Gasteiger partial charge in [0.2, 0.25) is 0 Å². The summed E-state index contributed by atoms with van der Waals surface area (Å²) < 4.78 is 0. The van der Waals surface area contributed by atoms with Crippen LogP contribution in [0.3, 0.4) is 0 Å². The summed E-state index contributed by atoms with van der Waals surface area (Å²) in [6.45, 7) is 6.28. The molecular formula is C24H22IrN3O2-. The normalized spacial score (nSPS) is 10.1. The van der Waals surface area contributed by atoms with Gasteiger partial charge in [0.1, 0.15) is 5.69 Å². The summed E-state index contributed by atoms with van der Waals surface area (Å²) in [6, 6.07) is 20.4. The number of carbonyl (C=O) groups is 1. The summed E-state index contributed by atoms with van der Waals surface area (Å²) in [5.41, 5.74) is 4.03. The Morgan fingerprint density at radius 3 is 2.37 bits per heavy atom. The van der Waals surface area contributed by atoms with Crippen LogP contribution in [0.1, 0.15) is 41.6 Å². The molecule has 0 atom stereocenters. The minimum Gasteiger partial charge on any atom is -0.477 e. The van der Waals surface area contributed by atoms with Crippen molar-refractivity contribution < 1.29 is 30.0 Å². The van der Waals surface area contributed by atoms with E-state index in [-0.39, 0.29) is 25.8 Å². The summed E-state index contributed by atoms with van der Waals surface area (Å²) in [5, 5.41) is 10.7. The average molecular weight is 577 g/mol. The zero-order chi connectivity index (χ0) is 20.8. The molecule has 0 saturated carbocycles. The number of aromatic carboxylic acids is 1. The molecule has 1 N–H and O–H groups in total. The molecule has 6 heteroatoms. The number of carboxylic acids is 1. The van der Waals surface area contributed by atoms with Gasteiger partial charge in [0.15, 0.2) is 0 Å². The van der Waals surface area contributed by atoms with Crippen LogP contribution in [0.25, 0.3) is 22.0 Å². The minimum atomic E-state index is -0.990. The molecule has 0 aliphatic carbocycles. The molecule has 4 aromatic rings. The van der Waals surface area contributed by atoms with E-state index >= 15 is 0 Å². The number of rotatable bonds is 3. The Bertz CT molecular complexity index is 1130. The molecule has 30 heavy (non-hydrogen) atoms. The molecule has 2 aromatic heterocycles. The number of hydrogen-bond donors (Lipinski definition) is 1. The van der Waals surface area contributed by atoms with Gasteiger partial charge in [-0.15, -0.1) is 29.1 Å². The fourth-order valence-corrected chi connectivity index (χ4v) is 2.87. The van der Waals surface area contributed by atoms with E-state index in [9.17, 15) is 4.79 Å². The first-order chi connectivity index (χ1) is 14.0. The van der Waals surface area contributed by atoms with E-state index in [0.29, 0.717) is 5.92 Å². The molecule has 4 rings (SSSR count). The van der Waals surface area contributed by atoms with E-state index in [2.05, 4.69) is 53.1 Å². The van der Waals surface area contributed by atoms with E-state index in [4.69, 9.17) is 5.11 Å². The zero-order valence-electron chi connectivity index (χ0n) is 17.0. The Balaban J connectivity index is 0.000000272. The van der Waals surface area contributed by atoms with Crippen molar-refractivity contribution in [1.82, 2.24) is 15.0 Å². The predicted octanol–water partition coefficient (Wildman–Crippen LogP) is 5.31. The third kappa shape index (κ3) is 5.56. The van der Waals surface area contributed by atoms with E-state index in [0.717, 1.165) is 22.6 Å². The average Bonchev–Trinajstić information content (AvgIpc) is 2.74. The maximum absolute atomic E-state index is 10.1. The third-order valence-corrected chi connectivity index (χ3v) is 4.40. The summed E-state index contributed by atoms with van der Waals surface area (Å²) in [5.74, 6) is -0.595. The Labute approximate surface area is 189 Å². The van der Waals surface area contributed by atoms with E-state index in [1.54, 1.807) is 12.1 Å². The van der Waals surface area contributed by atoms with Crippen LogP contribution in [0, 0.1) is 13.0 Å². The van der Waals surface area contributed by atoms with Gasteiger partial charge in [0.05, 0.1) is 5.69 Å². The molecule has 0 saturated heterocycles. The first-order valence-electron chi connectivity index (χ1n) is 9.35. The molecule has 2 heterocycles. The Hall–Kier alpha value is -2.95. The fraction of sp³-hybridized carbons (Fsp3) is 0.167. The van der Waals surface area contributed by atoms with Crippen LogP contribution in [-0.4, -0.2) is 26.0 Å². The molecule has 0 bridgehead atoms. The Morgan fingerprint density at radius 2 is 1.77 bits per heavy atom. The molecular weight excluding hydrogens is 555 g/mol. The van der Waals surface area contributed by atoms with Crippen LogP contribution in [0.15, 0.2) is 67.0 Å². The maximum Gasteiger partial charge on any atom is 0.354 e. The SMILES string of the molecule is Cc1nc(C(C)C)cnc1-c1[c-]ccc2ccccc12.O=C(O)c1ccccn1.[Ir]. The first kappa shape index (κ1) is 23.3. The van der Waals surface area contributed by atoms with Crippen molar-refractivity contribution in [1.29, 1.82) is 0 Å². The van der Waals surface area contributed by atoms with E-state index in [1.165, 1.54) is 23.0 Å². The molecule has 0 fully saturated rings. The second-order valence-electron chi connectivity index (χ2n) is 6.84. The van der Waals surface area contributed by atoms with Crippen LogP contribution in [0.5, 0.6) is 0 Å². The Kier molecular flexibility index (Phi) is 8.34. The van der Waals surface area contributed by atoms with Gasteiger partial charge in [-0.05, 0) is 25.0 Å². The molecule has 0 aliphatic rings. The topological polar surface area (TPSA) is 76.0 Å². The molecule has 155 valence electrons. The van der Waals surface area contributed by atoms with Crippen LogP contribution in [0.2, 0.25) is 0 Å². The molecule has 0 unspecified atom stereocenters. The second-order valence-corrected chi connectivity index (χ2v) is 6.84. The van der Waals surface area contributed by atoms with Crippen LogP contribution in [0.4, 0.5) is 0 Å². The quantitative estimate of drug-likeness (QED) is 0.335. The van der Waals surface area contributed by atoms with Crippen molar-refractivity contribution >= 4 is 16.7 Å². The summed E-state index contributed by atoms with van der Waals surface area (Å²) in [7, 11) is 0. The number of aromatic nitrogens is 3. The molecule has 5 nitrogen and oxygen atoms in total. The van der Waals surface area contributed by atoms with Gasteiger partial charge in [0, 0.05) is 43.9 Å². The first-order valence-corrected chi connectivity index (χ1v) is 9.35. The zero-order valence-corrected chi connectivity index (χ0v) is 19.4. The van der Waals surface area contributed by atoms with Crippen molar-refractivity contribution in [2.75, 3.05) is 0 Å². The fourth-order valence-electron chi connectivity index (χ4n) is 2.87. The second kappa shape index (κ2) is 10.7. The van der Waals surface area contributed by atoms with Gasteiger partial charge in [-0.25, -0.2) is 9.78 Å². The molecule has 0 amide bonds. The predicted molar refractivity (Wildman–Crippen MR) is 114 cm³/mol. The molecule has 2 aromatic carbocycles. The summed E-state index contributed by atoms with van der Waals surface area (Å²) in [6.07, 6.45) is 3.33. The van der Waals surface area contributed by atoms with Gasteiger partial charge in [-0.2, -0.15) is 0 Å². The minimum absolute atomic E-state index is 0. The van der Waals surface area contributed by atoms with Crippen molar-refractivity contribution in [2.24, 2.45) is 0 Å². The van der Waals surface area contributed by atoms with Gasteiger partial charge < -0.3 is 10.1 Å².